The Morgan fingerprint density at radius 3 is 1.14 bits per heavy atom. The molecule has 0 saturated carbocycles. The summed E-state index contributed by atoms with van der Waals surface area (Å²) in [5, 5.41) is 1.55. The standard InChI is InChI=1S/C52H74O4.C2H6.U/c1-12-49(53)55-51-45(11)46(52(56-50(54)13-2)48-35-15-14-34-47(48)51)37-36-44(10)33-21-32-43(9)31-20-30-42(8)29-19-28-41(7)27-18-26-40(6)25-17-24-39(5)23-16-22-38(3)4;1-2;/h14-15,22,24,26,28,30,32,34-36H,12-13,16-21,23,25,27,29,31,33,37H2,1-11H3;1-2H3;/b39-24+,40-26+,41-28+,42-30+,43-32+,44-36+;;. The fourth-order valence-corrected chi connectivity index (χ4v) is 6.63. The molecule has 0 aromatic heterocycles. The van der Waals surface area contributed by atoms with Crippen molar-refractivity contribution in [1.82, 2.24) is 0 Å². The SMILES string of the molecule is CC.CCC(=O)Oc1c(C)c(C/C=C(\C)CC/C=C(\C)CC/C=C(\C)CC/C=C(\C)CC/C=C(\C)CC/C=C(\C)CCC=C(C)C)c(OC(=O)CC)c2ccccc12.[U]. The van der Waals surface area contributed by atoms with E-state index in [1.807, 2.05) is 45.0 Å². The molecule has 59 heavy (non-hydrogen) atoms. The zero-order chi connectivity index (χ0) is 43.5. The first-order valence-corrected chi connectivity index (χ1v) is 22.3. The molecule has 0 bridgehead atoms. The molecule has 0 aliphatic heterocycles. The van der Waals surface area contributed by atoms with Crippen LogP contribution in [0.2, 0.25) is 0 Å². The van der Waals surface area contributed by atoms with E-state index in [2.05, 4.69) is 97.9 Å². The van der Waals surface area contributed by atoms with Crippen molar-refractivity contribution in [3.8, 4) is 11.5 Å². The average molecular weight is 1030 g/mol. The van der Waals surface area contributed by atoms with E-state index >= 15 is 0 Å². The van der Waals surface area contributed by atoms with Gasteiger partial charge >= 0.3 is 11.9 Å². The second-order valence-electron chi connectivity index (χ2n) is 16.0. The van der Waals surface area contributed by atoms with E-state index in [0.717, 1.165) is 92.5 Å². The van der Waals surface area contributed by atoms with Crippen LogP contribution in [0.3, 0.4) is 0 Å². The molecular weight excluding hydrogens is 951 g/mol. The fraction of sp³-hybridized carbons (Fsp3) is 0.519. The average Bonchev–Trinajstić information content (AvgIpc) is 3.19. The monoisotopic (exact) mass is 1030 g/mol. The molecule has 2 aromatic rings. The van der Waals surface area contributed by atoms with Gasteiger partial charge < -0.3 is 9.47 Å². The van der Waals surface area contributed by atoms with Crippen LogP contribution in [0.15, 0.2) is 106 Å². The zero-order valence-electron chi connectivity index (χ0n) is 39.6. The molecule has 5 heteroatoms. The molecule has 4 nitrogen and oxygen atoms in total. The maximum Gasteiger partial charge on any atom is 0.310 e. The van der Waals surface area contributed by atoms with E-state index in [0.29, 0.717) is 17.9 Å². The van der Waals surface area contributed by atoms with Gasteiger partial charge in [-0.3, -0.25) is 9.59 Å². The van der Waals surface area contributed by atoms with Crippen molar-refractivity contribution in [3.05, 3.63) is 117 Å². The molecule has 0 saturated heterocycles. The Labute approximate surface area is 385 Å². The molecular formula is C54H80O4U. The van der Waals surface area contributed by atoms with Gasteiger partial charge in [0.15, 0.2) is 0 Å². The molecule has 0 amide bonds. The summed E-state index contributed by atoms with van der Waals surface area (Å²) in [5.74, 6) is 0.534. The minimum Gasteiger partial charge on any atom is -0.426 e. The number of hydrogen-bond acceptors (Lipinski definition) is 4. The van der Waals surface area contributed by atoms with Crippen LogP contribution in [0.1, 0.15) is 184 Å². The molecule has 2 rings (SSSR count). The Morgan fingerprint density at radius 1 is 0.492 bits per heavy atom. The van der Waals surface area contributed by atoms with Gasteiger partial charge in [-0.1, -0.05) is 134 Å². The molecule has 0 aliphatic rings. The second kappa shape index (κ2) is 32.6. The summed E-state index contributed by atoms with van der Waals surface area (Å²) in [6.45, 7) is 27.4. The Morgan fingerprint density at radius 2 is 0.797 bits per heavy atom. The fourth-order valence-electron chi connectivity index (χ4n) is 6.63. The van der Waals surface area contributed by atoms with Crippen LogP contribution < -0.4 is 9.47 Å². The third-order valence-corrected chi connectivity index (χ3v) is 10.4. The second-order valence-corrected chi connectivity index (χ2v) is 16.0. The van der Waals surface area contributed by atoms with E-state index in [4.69, 9.17) is 9.47 Å². The van der Waals surface area contributed by atoms with Crippen molar-refractivity contribution in [2.75, 3.05) is 0 Å². The Kier molecular flexibility index (Phi) is 30.9. The summed E-state index contributed by atoms with van der Waals surface area (Å²) < 4.78 is 11.8. The zero-order valence-corrected chi connectivity index (χ0v) is 43.8. The van der Waals surface area contributed by atoms with Gasteiger partial charge in [-0.25, -0.2) is 0 Å². The van der Waals surface area contributed by atoms with Crippen molar-refractivity contribution in [2.24, 2.45) is 0 Å². The van der Waals surface area contributed by atoms with Crippen molar-refractivity contribution in [3.63, 3.8) is 0 Å². The Bertz CT molecular complexity index is 1810. The predicted octanol–water partition coefficient (Wildman–Crippen LogP) is 16.7. The minimum atomic E-state index is -0.287. The summed E-state index contributed by atoms with van der Waals surface area (Å²) in [7, 11) is 0. The van der Waals surface area contributed by atoms with Crippen LogP contribution in [0, 0.1) is 38.0 Å². The Balaban J connectivity index is 0.0000110. The molecule has 2 aromatic carbocycles. The molecule has 0 radical (unpaired) electrons. The van der Waals surface area contributed by atoms with E-state index < -0.39 is 0 Å². The van der Waals surface area contributed by atoms with Crippen LogP contribution in [0.25, 0.3) is 10.8 Å². The van der Waals surface area contributed by atoms with Crippen LogP contribution >= 0.6 is 0 Å². The number of fused-ring (bicyclic) bond motifs is 1. The smallest absolute Gasteiger partial charge is 0.310 e. The molecule has 0 N–H and O–H groups in total. The number of ether oxygens (including phenoxy) is 2. The van der Waals surface area contributed by atoms with Gasteiger partial charge in [-0.2, -0.15) is 0 Å². The molecule has 0 unspecified atom stereocenters. The number of allylic oxidation sites excluding steroid dienone is 14. The number of benzene rings is 2. The quantitative estimate of drug-likeness (QED) is 0.0597. The molecule has 0 fully saturated rings. The topological polar surface area (TPSA) is 52.6 Å². The van der Waals surface area contributed by atoms with Crippen molar-refractivity contribution in [1.29, 1.82) is 0 Å². The van der Waals surface area contributed by atoms with Gasteiger partial charge in [-0.05, 0) is 151 Å². The molecule has 0 atom stereocenters. The number of hydrogen-bond donors (Lipinski definition) is 0. The van der Waals surface area contributed by atoms with Gasteiger partial charge in [0, 0.05) is 60.3 Å². The normalized spacial score (nSPS) is 12.8. The van der Waals surface area contributed by atoms with Gasteiger partial charge in [0.2, 0.25) is 0 Å². The van der Waals surface area contributed by atoms with E-state index in [9.17, 15) is 9.59 Å². The number of esters is 2. The van der Waals surface area contributed by atoms with Crippen LogP contribution in [-0.4, -0.2) is 11.9 Å². The third-order valence-electron chi connectivity index (χ3n) is 10.4. The molecule has 0 heterocycles. The molecule has 324 valence electrons. The number of rotatable bonds is 24. The van der Waals surface area contributed by atoms with Gasteiger partial charge in [0.25, 0.3) is 0 Å². The predicted molar refractivity (Wildman–Crippen MR) is 253 cm³/mol. The third kappa shape index (κ3) is 23.5. The maximum absolute atomic E-state index is 12.5. The van der Waals surface area contributed by atoms with Crippen LogP contribution in [0.4, 0.5) is 0 Å². The summed E-state index contributed by atoms with van der Waals surface area (Å²) in [5.41, 5.74) is 11.8. The van der Waals surface area contributed by atoms with E-state index in [-0.39, 0.29) is 55.9 Å². The first-order chi connectivity index (χ1) is 27.7. The number of carbonyl (C=O) groups is 2. The minimum absolute atomic E-state index is 0. The summed E-state index contributed by atoms with van der Waals surface area (Å²) >= 11 is 0. The number of carbonyl (C=O) groups excluding carboxylic acids is 2. The first-order valence-electron chi connectivity index (χ1n) is 22.3. The van der Waals surface area contributed by atoms with E-state index in [1.165, 1.54) is 45.4 Å². The maximum atomic E-state index is 12.5. The van der Waals surface area contributed by atoms with Crippen molar-refractivity contribution in [2.45, 2.75) is 186 Å². The van der Waals surface area contributed by atoms with Crippen LogP contribution in [0.5, 0.6) is 11.5 Å². The van der Waals surface area contributed by atoms with Gasteiger partial charge in [0.1, 0.15) is 11.5 Å². The van der Waals surface area contributed by atoms with Crippen molar-refractivity contribution < 1.29 is 50.2 Å². The van der Waals surface area contributed by atoms with Crippen molar-refractivity contribution >= 4 is 22.7 Å². The van der Waals surface area contributed by atoms with Crippen LogP contribution in [-0.2, 0) is 16.0 Å². The van der Waals surface area contributed by atoms with Gasteiger partial charge in [-0.15, -0.1) is 0 Å². The largest absolute Gasteiger partial charge is 0.426 e. The summed E-state index contributed by atoms with van der Waals surface area (Å²) in [6.07, 6.45) is 31.0. The Hall–Kier alpha value is -3.13. The first kappa shape index (κ1) is 55.9. The summed E-state index contributed by atoms with van der Waals surface area (Å²) in [6, 6.07) is 7.67. The van der Waals surface area contributed by atoms with E-state index in [1.54, 1.807) is 13.8 Å². The van der Waals surface area contributed by atoms with Gasteiger partial charge in [0.05, 0.1) is 0 Å². The molecule has 0 spiro atoms. The molecule has 0 aliphatic carbocycles. The summed E-state index contributed by atoms with van der Waals surface area (Å²) in [4.78, 5) is 24.9.